The average molecular weight is 330 g/mol. The topological polar surface area (TPSA) is 120 Å². The van der Waals surface area contributed by atoms with E-state index in [1.54, 1.807) is 23.2 Å². The minimum absolute atomic E-state index is 0.0182. The van der Waals surface area contributed by atoms with Crippen molar-refractivity contribution < 1.29 is 27.9 Å². The molecule has 0 spiro atoms. The number of carbonyl (C=O) groups is 2. The molecule has 10 heteroatoms. The predicted octanol–water partition coefficient (Wildman–Crippen LogP) is 0.646. The molecule has 23 heavy (non-hydrogen) atoms. The maximum atomic E-state index is 11.6. The van der Waals surface area contributed by atoms with E-state index in [1.807, 2.05) is 6.07 Å². The molecule has 1 aliphatic heterocycles. The van der Waals surface area contributed by atoms with E-state index in [0.717, 1.165) is 5.56 Å². The third kappa shape index (κ3) is 5.55. The molecule has 2 heterocycles. The summed E-state index contributed by atoms with van der Waals surface area (Å²) in [6, 6.07) is 5.10. The van der Waals surface area contributed by atoms with Crippen LogP contribution >= 0.6 is 0 Å². The Morgan fingerprint density at radius 1 is 1.57 bits per heavy atom. The summed E-state index contributed by atoms with van der Waals surface area (Å²) in [6.45, 7) is 1.19. The SMILES string of the molecule is N#Cc1cc(CN2CC[C@H](N)C2=O)ccn1.O=C(O)C(F)(F)F. The first-order valence-corrected chi connectivity index (χ1v) is 6.34. The number of carbonyl (C=O) groups excluding carboxylic acids is 1. The van der Waals surface area contributed by atoms with Crippen molar-refractivity contribution >= 4 is 11.9 Å². The zero-order valence-electron chi connectivity index (χ0n) is 11.7. The summed E-state index contributed by atoms with van der Waals surface area (Å²) in [7, 11) is 0. The van der Waals surface area contributed by atoms with Crippen LogP contribution in [0.15, 0.2) is 18.3 Å². The summed E-state index contributed by atoms with van der Waals surface area (Å²) in [5.41, 5.74) is 6.90. The van der Waals surface area contributed by atoms with E-state index in [-0.39, 0.29) is 11.9 Å². The van der Waals surface area contributed by atoms with Crippen LogP contribution in [0, 0.1) is 11.3 Å². The van der Waals surface area contributed by atoms with Gasteiger partial charge in [0, 0.05) is 19.3 Å². The summed E-state index contributed by atoms with van der Waals surface area (Å²) in [4.78, 5) is 26.1. The van der Waals surface area contributed by atoms with Crippen molar-refractivity contribution in [2.45, 2.75) is 25.2 Å². The maximum Gasteiger partial charge on any atom is 0.490 e. The molecule has 1 aromatic heterocycles. The lowest BCUT2D eigenvalue weighted by atomic mass is 10.2. The molecule has 0 aromatic carbocycles. The quantitative estimate of drug-likeness (QED) is 0.821. The van der Waals surface area contributed by atoms with Crippen LogP contribution in [-0.2, 0) is 16.1 Å². The number of amides is 1. The average Bonchev–Trinajstić information content (AvgIpc) is 2.79. The highest BCUT2D eigenvalue weighted by Gasteiger charge is 2.38. The second-order valence-corrected chi connectivity index (χ2v) is 4.62. The Morgan fingerprint density at radius 2 is 2.17 bits per heavy atom. The fourth-order valence-electron chi connectivity index (χ4n) is 1.77. The number of halogens is 3. The van der Waals surface area contributed by atoms with Gasteiger partial charge in [0.2, 0.25) is 5.91 Å². The first-order chi connectivity index (χ1) is 10.6. The van der Waals surface area contributed by atoms with Gasteiger partial charge in [-0.15, -0.1) is 0 Å². The molecular weight excluding hydrogens is 317 g/mol. The zero-order valence-corrected chi connectivity index (χ0v) is 11.7. The van der Waals surface area contributed by atoms with Crippen LogP contribution in [0.5, 0.6) is 0 Å². The van der Waals surface area contributed by atoms with Gasteiger partial charge in [0.1, 0.15) is 11.8 Å². The normalized spacial score (nSPS) is 17.3. The lowest BCUT2D eigenvalue weighted by molar-refractivity contribution is -0.192. The van der Waals surface area contributed by atoms with Crippen molar-refractivity contribution in [3.63, 3.8) is 0 Å². The van der Waals surface area contributed by atoms with Crippen LogP contribution in [0.1, 0.15) is 17.7 Å². The third-order valence-corrected chi connectivity index (χ3v) is 2.89. The monoisotopic (exact) mass is 330 g/mol. The summed E-state index contributed by atoms with van der Waals surface area (Å²) >= 11 is 0. The molecule has 1 saturated heterocycles. The summed E-state index contributed by atoms with van der Waals surface area (Å²) in [5, 5.41) is 15.8. The van der Waals surface area contributed by atoms with Gasteiger partial charge in [-0.05, 0) is 24.1 Å². The number of nitrogens with two attached hydrogens (primary N) is 1. The molecule has 0 aliphatic carbocycles. The lowest BCUT2D eigenvalue weighted by Gasteiger charge is -2.15. The first kappa shape index (κ1) is 18.4. The van der Waals surface area contributed by atoms with Crippen LogP contribution in [-0.4, -0.2) is 45.6 Å². The number of aromatic nitrogens is 1. The molecule has 1 amide bonds. The highest BCUT2D eigenvalue weighted by atomic mass is 19.4. The van der Waals surface area contributed by atoms with Crippen molar-refractivity contribution in [2.75, 3.05) is 6.54 Å². The summed E-state index contributed by atoms with van der Waals surface area (Å²) in [6.07, 6.45) is -2.80. The van der Waals surface area contributed by atoms with Gasteiger partial charge in [0.15, 0.2) is 0 Å². The molecule has 3 N–H and O–H groups in total. The fraction of sp³-hybridized carbons (Fsp3) is 0.385. The minimum atomic E-state index is -5.08. The number of carboxylic acid groups (broad SMARTS) is 1. The number of nitrogens with zero attached hydrogens (tertiary/aromatic N) is 3. The number of hydrogen-bond acceptors (Lipinski definition) is 5. The van der Waals surface area contributed by atoms with Gasteiger partial charge in [-0.2, -0.15) is 18.4 Å². The Morgan fingerprint density at radius 3 is 2.61 bits per heavy atom. The lowest BCUT2D eigenvalue weighted by Crippen LogP contribution is -2.33. The molecule has 0 unspecified atom stereocenters. The van der Waals surface area contributed by atoms with E-state index < -0.39 is 12.1 Å². The predicted molar refractivity (Wildman–Crippen MR) is 70.7 cm³/mol. The molecular formula is C13H13F3N4O3. The molecule has 0 bridgehead atoms. The Kier molecular flexibility index (Phi) is 6.03. The van der Waals surface area contributed by atoms with Gasteiger partial charge in [0.25, 0.3) is 0 Å². The van der Waals surface area contributed by atoms with Crippen LogP contribution in [0.25, 0.3) is 0 Å². The van der Waals surface area contributed by atoms with Gasteiger partial charge in [-0.25, -0.2) is 9.78 Å². The van der Waals surface area contributed by atoms with Crippen LogP contribution in [0.3, 0.4) is 0 Å². The number of carboxylic acids is 1. The van der Waals surface area contributed by atoms with Gasteiger partial charge in [-0.3, -0.25) is 4.79 Å². The number of rotatable bonds is 2. The summed E-state index contributed by atoms with van der Waals surface area (Å²) in [5.74, 6) is -2.78. The number of pyridine rings is 1. The summed E-state index contributed by atoms with van der Waals surface area (Å²) < 4.78 is 31.7. The zero-order chi connectivity index (χ0) is 17.6. The van der Waals surface area contributed by atoms with E-state index in [1.165, 1.54) is 0 Å². The Labute approximate surface area is 129 Å². The van der Waals surface area contributed by atoms with Crippen molar-refractivity contribution in [3.8, 4) is 6.07 Å². The van der Waals surface area contributed by atoms with E-state index >= 15 is 0 Å². The molecule has 124 valence electrons. The van der Waals surface area contributed by atoms with Gasteiger partial charge < -0.3 is 15.7 Å². The number of likely N-dealkylation sites (tertiary alicyclic amines) is 1. The Hall–Kier alpha value is -2.67. The fourth-order valence-corrected chi connectivity index (χ4v) is 1.77. The number of hydrogen-bond donors (Lipinski definition) is 2. The van der Waals surface area contributed by atoms with E-state index in [4.69, 9.17) is 20.9 Å². The minimum Gasteiger partial charge on any atom is -0.475 e. The standard InChI is InChI=1S/C11H12N4O.C2HF3O2/c12-6-9-5-8(1-3-14-9)7-15-4-2-10(13)11(15)16;3-2(4,5)1(6)7/h1,3,5,10H,2,4,7,13H2;(H,6,7)/t10-;/m0./s1. The van der Waals surface area contributed by atoms with Crippen LogP contribution in [0.4, 0.5) is 13.2 Å². The largest absolute Gasteiger partial charge is 0.490 e. The highest BCUT2D eigenvalue weighted by molar-refractivity contribution is 5.83. The Bertz CT molecular complexity index is 628. The molecule has 0 radical (unpaired) electrons. The second-order valence-electron chi connectivity index (χ2n) is 4.62. The second kappa shape index (κ2) is 7.55. The number of alkyl halides is 3. The smallest absolute Gasteiger partial charge is 0.475 e. The molecule has 1 aliphatic rings. The molecule has 1 atom stereocenters. The van der Waals surface area contributed by atoms with Gasteiger partial charge >= 0.3 is 12.1 Å². The Balaban J connectivity index is 0.000000322. The molecule has 0 saturated carbocycles. The third-order valence-electron chi connectivity index (χ3n) is 2.89. The highest BCUT2D eigenvalue weighted by Crippen LogP contribution is 2.14. The van der Waals surface area contributed by atoms with Gasteiger partial charge in [0.05, 0.1) is 6.04 Å². The van der Waals surface area contributed by atoms with E-state index in [2.05, 4.69) is 4.98 Å². The van der Waals surface area contributed by atoms with E-state index in [0.29, 0.717) is 25.2 Å². The molecule has 1 aromatic rings. The van der Waals surface area contributed by atoms with Crippen molar-refractivity contribution in [2.24, 2.45) is 5.73 Å². The van der Waals surface area contributed by atoms with Crippen molar-refractivity contribution in [1.82, 2.24) is 9.88 Å². The van der Waals surface area contributed by atoms with E-state index in [9.17, 15) is 18.0 Å². The molecule has 2 rings (SSSR count). The molecule has 7 nitrogen and oxygen atoms in total. The maximum absolute atomic E-state index is 11.6. The van der Waals surface area contributed by atoms with Crippen molar-refractivity contribution in [3.05, 3.63) is 29.6 Å². The molecule has 1 fully saturated rings. The number of nitriles is 1. The van der Waals surface area contributed by atoms with Crippen LogP contribution in [0.2, 0.25) is 0 Å². The van der Waals surface area contributed by atoms with Crippen LogP contribution < -0.4 is 5.73 Å². The van der Waals surface area contributed by atoms with Gasteiger partial charge in [-0.1, -0.05) is 0 Å². The number of aliphatic carboxylic acids is 1. The van der Waals surface area contributed by atoms with Crippen molar-refractivity contribution in [1.29, 1.82) is 5.26 Å². The first-order valence-electron chi connectivity index (χ1n) is 6.34.